The Kier molecular flexibility index (Phi) is 9.06. The molecule has 0 saturated heterocycles. The lowest BCUT2D eigenvalue weighted by atomic mass is 10.2. The van der Waals surface area contributed by atoms with Crippen molar-refractivity contribution in [2.45, 2.75) is 26.7 Å². The number of aryl methyl sites for hydroxylation is 1. The van der Waals surface area contributed by atoms with E-state index in [0.29, 0.717) is 0 Å². The third-order valence-corrected chi connectivity index (χ3v) is 2.24. The summed E-state index contributed by atoms with van der Waals surface area (Å²) < 4.78 is 5.60. The van der Waals surface area contributed by atoms with E-state index >= 15 is 0 Å². The molecule has 0 bridgehead atoms. The van der Waals surface area contributed by atoms with Crippen LogP contribution in [0.2, 0.25) is 0 Å². The molecule has 0 aliphatic heterocycles. The SMILES string of the molecule is CCCCNCCOc1cccc(C)c1.Cl. The van der Waals surface area contributed by atoms with Crippen molar-refractivity contribution in [1.29, 1.82) is 0 Å². The predicted molar refractivity (Wildman–Crippen MR) is 71.7 cm³/mol. The lowest BCUT2D eigenvalue weighted by Gasteiger charge is -2.07. The van der Waals surface area contributed by atoms with Crippen LogP contribution in [0.15, 0.2) is 24.3 Å². The summed E-state index contributed by atoms with van der Waals surface area (Å²) in [5, 5.41) is 3.35. The zero-order valence-corrected chi connectivity index (χ0v) is 11.0. The van der Waals surface area contributed by atoms with Crippen molar-refractivity contribution < 1.29 is 4.74 Å². The molecule has 0 saturated carbocycles. The minimum Gasteiger partial charge on any atom is -0.492 e. The quantitative estimate of drug-likeness (QED) is 0.743. The maximum Gasteiger partial charge on any atom is 0.119 e. The molecule has 0 aliphatic rings. The van der Waals surface area contributed by atoms with Crippen LogP contribution >= 0.6 is 12.4 Å². The monoisotopic (exact) mass is 243 g/mol. The van der Waals surface area contributed by atoms with Gasteiger partial charge in [0.2, 0.25) is 0 Å². The summed E-state index contributed by atoms with van der Waals surface area (Å²) >= 11 is 0. The average Bonchev–Trinajstić information content (AvgIpc) is 2.23. The molecule has 0 radical (unpaired) electrons. The van der Waals surface area contributed by atoms with Crippen molar-refractivity contribution >= 4 is 12.4 Å². The number of rotatable bonds is 7. The molecule has 0 amide bonds. The Morgan fingerprint density at radius 1 is 1.25 bits per heavy atom. The molecule has 0 unspecified atom stereocenters. The summed E-state index contributed by atoms with van der Waals surface area (Å²) in [6.07, 6.45) is 2.48. The molecule has 3 heteroatoms. The molecule has 1 aromatic rings. The molecular formula is C13H22ClNO. The molecule has 1 N–H and O–H groups in total. The third-order valence-electron chi connectivity index (χ3n) is 2.24. The van der Waals surface area contributed by atoms with E-state index in [4.69, 9.17) is 4.74 Å². The smallest absolute Gasteiger partial charge is 0.119 e. The van der Waals surface area contributed by atoms with Crippen molar-refractivity contribution in [2.75, 3.05) is 19.7 Å². The highest BCUT2D eigenvalue weighted by molar-refractivity contribution is 5.85. The van der Waals surface area contributed by atoms with Gasteiger partial charge in [-0.05, 0) is 37.6 Å². The number of halogens is 1. The van der Waals surface area contributed by atoms with Crippen molar-refractivity contribution in [1.82, 2.24) is 5.32 Å². The molecule has 0 aliphatic carbocycles. The second kappa shape index (κ2) is 9.49. The van der Waals surface area contributed by atoms with Crippen molar-refractivity contribution in [3.05, 3.63) is 29.8 Å². The number of hydrogen-bond acceptors (Lipinski definition) is 2. The van der Waals surface area contributed by atoms with Gasteiger partial charge >= 0.3 is 0 Å². The molecule has 0 atom stereocenters. The Bertz CT molecular complexity index is 278. The highest BCUT2D eigenvalue weighted by Gasteiger charge is 1.93. The second-order valence-corrected chi connectivity index (χ2v) is 3.77. The van der Waals surface area contributed by atoms with E-state index in [-0.39, 0.29) is 12.4 Å². The Morgan fingerprint density at radius 2 is 2.06 bits per heavy atom. The van der Waals surface area contributed by atoms with E-state index < -0.39 is 0 Å². The minimum atomic E-state index is 0. The van der Waals surface area contributed by atoms with Gasteiger partial charge in [-0.25, -0.2) is 0 Å². The number of hydrogen-bond donors (Lipinski definition) is 1. The van der Waals surface area contributed by atoms with Gasteiger partial charge in [0.1, 0.15) is 12.4 Å². The van der Waals surface area contributed by atoms with Gasteiger partial charge in [-0.3, -0.25) is 0 Å². The van der Waals surface area contributed by atoms with Gasteiger partial charge < -0.3 is 10.1 Å². The van der Waals surface area contributed by atoms with Crippen LogP contribution in [-0.4, -0.2) is 19.7 Å². The molecule has 16 heavy (non-hydrogen) atoms. The van der Waals surface area contributed by atoms with Gasteiger partial charge in [-0.1, -0.05) is 25.5 Å². The first-order valence-electron chi connectivity index (χ1n) is 5.73. The first-order chi connectivity index (χ1) is 7.33. The predicted octanol–water partition coefficient (Wildman–Crippen LogP) is 3.19. The van der Waals surface area contributed by atoms with Crippen molar-refractivity contribution in [3.8, 4) is 5.75 Å². The second-order valence-electron chi connectivity index (χ2n) is 3.77. The van der Waals surface area contributed by atoms with Crippen LogP contribution < -0.4 is 10.1 Å². The summed E-state index contributed by atoms with van der Waals surface area (Å²) in [7, 11) is 0. The zero-order valence-electron chi connectivity index (χ0n) is 10.2. The fourth-order valence-electron chi connectivity index (χ4n) is 1.37. The normalized spacial score (nSPS) is 9.62. The molecule has 0 fully saturated rings. The van der Waals surface area contributed by atoms with Crippen LogP contribution in [0.3, 0.4) is 0 Å². The molecule has 0 spiro atoms. The molecule has 1 rings (SSSR count). The molecule has 92 valence electrons. The zero-order chi connectivity index (χ0) is 10.9. The Morgan fingerprint density at radius 3 is 2.75 bits per heavy atom. The molecule has 0 heterocycles. The molecular weight excluding hydrogens is 222 g/mol. The average molecular weight is 244 g/mol. The van der Waals surface area contributed by atoms with Gasteiger partial charge in [0.05, 0.1) is 0 Å². The largest absolute Gasteiger partial charge is 0.492 e. The maximum atomic E-state index is 5.60. The maximum absolute atomic E-state index is 5.60. The van der Waals surface area contributed by atoms with Crippen LogP contribution in [0.25, 0.3) is 0 Å². The number of unbranched alkanes of at least 4 members (excludes halogenated alkanes) is 1. The van der Waals surface area contributed by atoms with Gasteiger partial charge in [-0.2, -0.15) is 0 Å². The first-order valence-corrected chi connectivity index (χ1v) is 5.73. The minimum absolute atomic E-state index is 0. The van der Waals surface area contributed by atoms with Crippen molar-refractivity contribution in [2.24, 2.45) is 0 Å². The fraction of sp³-hybridized carbons (Fsp3) is 0.538. The van der Waals surface area contributed by atoms with Crippen LogP contribution in [-0.2, 0) is 0 Å². The summed E-state index contributed by atoms with van der Waals surface area (Å²) in [5.74, 6) is 0.965. The Hall–Kier alpha value is -0.730. The Labute approximate surface area is 105 Å². The highest BCUT2D eigenvalue weighted by Crippen LogP contribution is 2.11. The molecule has 0 aromatic heterocycles. The van der Waals surface area contributed by atoms with Gasteiger partial charge in [-0.15, -0.1) is 12.4 Å². The van der Waals surface area contributed by atoms with Gasteiger partial charge in [0.15, 0.2) is 0 Å². The lowest BCUT2D eigenvalue weighted by molar-refractivity contribution is 0.313. The number of benzene rings is 1. The standard InChI is InChI=1S/C13H21NO.ClH/c1-3-4-8-14-9-10-15-13-7-5-6-12(2)11-13;/h5-7,11,14H,3-4,8-10H2,1-2H3;1H. The van der Waals surface area contributed by atoms with Crippen LogP contribution in [0, 0.1) is 6.92 Å². The van der Waals surface area contributed by atoms with E-state index in [0.717, 1.165) is 25.4 Å². The van der Waals surface area contributed by atoms with Gasteiger partial charge in [0.25, 0.3) is 0 Å². The van der Waals surface area contributed by atoms with Crippen LogP contribution in [0.5, 0.6) is 5.75 Å². The molecule has 2 nitrogen and oxygen atoms in total. The fourth-order valence-corrected chi connectivity index (χ4v) is 1.37. The van der Waals surface area contributed by atoms with E-state index in [2.05, 4.69) is 31.3 Å². The number of nitrogens with one attached hydrogen (secondary N) is 1. The van der Waals surface area contributed by atoms with E-state index in [9.17, 15) is 0 Å². The summed E-state index contributed by atoms with van der Waals surface area (Å²) in [6.45, 7) is 7.03. The summed E-state index contributed by atoms with van der Waals surface area (Å²) in [4.78, 5) is 0. The summed E-state index contributed by atoms with van der Waals surface area (Å²) in [6, 6.07) is 8.16. The topological polar surface area (TPSA) is 21.3 Å². The highest BCUT2D eigenvalue weighted by atomic mass is 35.5. The number of ether oxygens (including phenoxy) is 1. The first kappa shape index (κ1) is 15.3. The Balaban J connectivity index is 0.00000225. The lowest BCUT2D eigenvalue weighted by Crippen LogP contribution is -2.21. The van der Waals surface area contributed by atoms with E-state index in [1.807, 2.05) is 12.1 Å². The van der Waals surface area contributed by atoms with Crippen molar-refractivity contribution in [3.63, 3.8) is 0 Å². The van der Waals surface area contributed by atoms with Gasteiger partial charge in [0, 0.05) is 6.54 Å². The van der Waals surface area contributed by atoms with Crippen LogP contribution in [0.4, 0.5) is 0 Å². The van der Waals surface area contributed by atoms with E-state index in [1.54, 1.807) is 0 Å². The third kappa shape index (κ3) is 6.70. The van der Waals surface area contributed by atoms with E-state index in [1.165, 1.54) is 18.4 Å². The summed E-state index contributed by atoms with van der Waals surface area (Å²) in [5.41, 5.74) is 1.24. The molecule has 1 aromatic carbocycles. The van der Waals surface area contributed by atoms with Crippen LogP contribution in [0.1, 0.15) is 25.3 Å².